The van der Waals surface area contributed by atoms with Crippen LogP contribution < -0.4 is 21.3 Å². The predicted molar refractivity (Wildman–Crippen MR) is 117 cm³/mol. The van der Waals surface area contributed by atoms with Crippen LogP contribution >= 0.6 is 23.2 Å². The van der Waals surface area contributed by atoms with E-state index < -0.39 is 22.5 Å². The van der Waals surface area contributed by atoms with Crippen molar-refractivity contribution < 1.29 is 9.53 Å². The second-order valence-corrected chi connectivity index (χ2v) is 8.62. The molecule has 3 aromatic rings. The number of carbonyl (C=O) groups is 1. The molecular weight excluding hydrogens is 457 g/mol. The number of nitrogens with zero attached hydrogens (tertiary/aromatic N) is 3. The minimum Gasteiger partial charge on any atom is -0.454 e. The number of halogens is 2. The van der Waals surface area contributed by atoms with E-state index in [1.165, 1.54) is 12.1 Å². The lowest BCUT2D eigenvalue weighted by atomic mass is 9.87. The van der Waals surface area contributed by atoms with Crippen molar-refractivity contribution in [1.29, 1.82) is 5.26 Å². The number of H-pyrrole nitrogens is 1. The molecule has 0 bridgehead atoms. The van der Waals surface area contributed by atoms with E-state index >= 15 is 0 Å². The number of fused-ring (bicyclic) bond motifs is 1. The molecule has 1 amide bonds. The van der Waals surface area contributed by atoms with Gasteiger partial charge in [-0.05, 0) is 56.2 Å². The van der Waals surface area contributed by atoms with Crippen LogP contribution in [0.2, 0.25) is 10.0 Å². The summed E-state index contributed by atoms with van der Waals surface area (Å²) in [5.41, 5.74) is -1.10. The molecule has 0 atom stereocenters. The van der Waals surface area contributed by atoms with Crippen LogP contribution in [0.1, 0.15) is 35.5 Å². The van der Waals surface area contributed by atoms with Gasteiger partial charge in [0.1, 0.15) is 11.8 Å². The van der Waals surface area contributed by atoms with Crippen molar-refractivity contribution in [2.45, 2.75) is 25.8 Å². The number of nitriles is 1. The van der Waals surface area contributed by atoms with Gasteiger partial charge in [0, 0.05) is 11.1 Å². The lowest BCUT2D eigenvalue weighted by Gasteiger charge is -2.32. The van der Waals surface area contributed by atoms with Gasteiger partial charge in [-0.15, -0.1) is 5.10 Å². The summed E-state index contributed by atoms with van der Waals surface area (Å²) in [6.07, 6.45) is 0.619. The third-order valence-electron chi connectivity index (χ3n) is 4.79. The monoisotopic (exact) mass is 471 g/mol. The number of hydrogen-bond acceptors (Lipinski definition) is 6. The van der Waals surface area contributed by atoms with Gasteiger partial charge in [0.15, 0.2) is 5.75 Å². The van der Waals surface area contributed by atoms with E-state index in [1.807, 2.05) is 18.8 Å². The smallest absolute Gasteiger partial charge is 0.349 e. The van der Waals surface area contributed by atoms with E-state index in [0.717, 1.165) is 10.2 Å². The second-order valence-electron chi connectivity index (χ2n) is 7.81. The lowest BCUT2D eigenvalue weighted by molar-refractivity contribution is 0.0897. The Balaban J connectivity index is 1.71. The first-order valence-electron chi connectivity index (χ1n) is 9.34. The summed E-state index contributed by atoms with van der Waals surface area (Å²) in [5, 5.41) is 15.8. The summed E-state index contributed by atoms with van der Waals surface area (Å²) in [4.78, 5) is 37.9. The SMILES string of the molecule is CC1(C)Cc2cc(Oc3c(Cl)cc(-n4nc(C#N)c(=O)[nH]c4=O)cc3Cl)ccc2C(=O)N1. The van der Waals surface area contributed by atoms with Gasteiger partial charge >= 0.3 is 5.69 Å². The summed E-state index contributed by atoms with van der Waals surface area (Å²) >= 11 is 12.7. The summed E-state index contributed by atoms with van der Waals surface area (Å²) in [6, 6.07) is 9.39. The fraction of sp³-hybridized carbons (Fsp3) is 0.190. The van der Waals surface area contributed by atoms with Crippen LogP contribution in [-0.2, 0) is 6.42 Å². The molecule has 32 heavy (non-hydrogen) atoms. The molecule has 11 heteroatoms. The van der Waals surface area contributed by atoms with Crippen molar-refractivity contribution in [1.82, 2.24) is 20.1 Å². The third kappa shape index (κ3) is 3.98. The number of benzene rings is 2. The molecule has 2 N–H and O–H groups in total. The van der Waals surface area contributed by atoms with E-state index in [2.05, 4.69) is 10.4 Å². The molecule has 1 aromatic heterocycles. The van der Waals surface area contributed by atoms with Crippen molar-refractivity contribution in [3.63, 3.8) is 0 Å². The maximum Gasteiger partial charge on any atom is 0.349 e. The third-order valence-corrected chi connectivity index (χ3v) is 5.35. The van der Waals surface area contributed by atoms with E-state index in [1.54, 1.807) is 24.3 Å². The van der Waals surface area contributed by atoms with E-state index in [4.69, 9.17) is 33.2 Å². The number of aromatic amines is 1. The number of amides is 1. The molecule has 0 radical (unpaired) electrons. The van der Waals surface area contributed by atoms with Gasteiger partial charge in [0.05, 0.1) is 15.7 Å². The first-order chi connectivity index (χ1) is 15.1. The Hall–Kier alpha value is -3.61. The Morgan fingerprint density at radius 1 is 1.16 bits per heavy atom. The number of rotatable bonds is 3. The van der Waals surface area contributed by atoms with Crippen LogP contribution in [-0.4, -0.2) is 26.2 Å². The maximum absolute atomic E-state index is 12.3. The zero-order valence-corrected chi connectivity index (χ0v) is 18.3. The van der Waals surface area contributed by atoms with Crippen LogP contribution in [0.15, 0.2) is 39.9 Å². The molecule has 162 valence electrons. The first kappa shape index (κ1) is 21.6. The molecule has 0 unspecified atom stereocenters. The van der Waals surface area contributed by atoms with E-state index in [0.29, 0.717) is 17.7 Å². The van der Waals surface area contributed by atoms with Crippen LogP contribution in [0.5, 0.6) is 11.5 Å². The highest BCUT2D eigenvalue weighted by Crippen LogP contribution is 2.39. The lowest BCUT2D eigenvalue weighted by Crippen LogP contribution is -2.49. The zero-order valence-electron chi connectivity index (χ0n) is 16.8. The molecule has 4 rings (SSSR count). The quantitative estimate of drug-likeness (QED) is 0.603. The van der Waals surface area contributed by atoms with E-state index in [9.17, 15) is 14.4 Å². The van der Waals surface area contributed by atoms with Gasteiger partial charge in [-0.1, -0.05) is 23.2 Å². The highest BCUT2D eigenvalue weighted by Gasteiger charge is 2.30. The molecule has 0 saturated heterocycles. The van der Waals surface area contributed by atoms with Crippen molar-refractivity contribution in [2.75, 3.05) is 0 Å². The average molecular weight is 472 g/mol. The van der Waals surface area contributed by atoms with Crippen molar-refractivity contribution in [2.24, 2.45) is 0 Å². The standard InChI is InChI=1S/C21H15Cl2N5O4/c1-21(2)8-10-5-12(3-4-13(10)18(29)26-21)32-17-14(22)6-11(7-15(17)23)28-20(31)25-19(30)16(9-24)27-28/h3-7H,8H2,1-2H3,(H,26,29)(H,25,30,31). The Bertz CT molecular complexity index is 1410. The molecule has 9 nitrogen and oxygen atoms in total. The molecule has 1 aliphatic rings. The largest absolute Gasteiger partial charge is 0.454 e. The normalized spacial score (nSPS) is 14.3. The molecule has 2 aromatic carbocycles. The van der Waals surface area contributed by atoms with Crippen molar-refractivity contribution in [3.05, 3.63) is 78.0 Å². The van der Waals surface area contributed by atoms with Gasteiger partial charge in [0.25, 0.3) is 11.5 Å². The highest BCUT2D eigenvalue weighted by atomic mass is 35.5. The summed E-state index contributed by atoms with van der Waals surface area (Å²) in [7, 11) is 0. The number of aromatic nitrogens is 3. The van der Waals surface area contributed by atoms with Crippen LogP contribution in [0.3, 0.4) is 0 Å². The maximum atomic E-state index is 12.3. The molecule has 1 aliphatic heterocycles. The predicted octanol–water partition coefficient (Wildman–Crippen LogP) is 2.96. The first-order valence-corrected chi connectivity index (χ1v) is 10.1. The van der Waals surface area contributed by atoms with Gasteiger partial charge in [-0.3, -0.25) is 14.6 Å². The molecule has 0 saturated carbocycles. The number of ether oxygens (including phenoxy) is 1. The average Bonchev–Trinajstić information content (AvgIpc) is 2.69. The Kier molecular flexibility index (Phi) is 5.28. The van der Waals surface area contributed by atoms with Gasteiger partial charge in [-0.2, -0.15) is 9.94 Å². The molecule has 0 aliphatic carbocycles. The molecule has 0 spiro atoms. The topological polar surface area (TPSA) is 130 Å². The fourth-order valence-corrected chi connectivity index (χ4v) is 3.98. The summed E-state index contributed by atoms with van der Waals surface area (Å²) < 4.78 is 6.69. The second kappa shape index (κ2) is 7.82. The number of carbonyl (C=O) groups excluding carboxylic acids is 1. The van der Waals surface area contributed by atoms with Gasteiger partial charge < -0.3 is 10.1 Å². The minimum absolute atomic E-state index is 0.0710. The zero-order chi connectivity index (χ0) is 23.2. The fourth-order valence-electron chi connectivity index (χ4n) is 3.43. The summed E-state index contributed by atoms with van der Waals surface area (Å²) in [6.45, 7) is 3.86. The molecular formula is C21H15Cl2N5O4. The Labute approximate surface area is 191 Å². The van der Waals surface area contributed by atoms with Gasteiger partial charge in [-0.25, -0.2) is 4.79 Å². The highest BCUT2D eigenvalue weighted by molar-refractivity contribution is 6.37. The number of nitrogens with one attached hydrogen (secondary N) is 2. The van der Waals surface area contributed by atoms with Crippen molar-refractivity contribution >= 4 is 29.1 Å². The van der Waals surface area contributed by atoms with Gasteiger partial charge in [0.2, 0.25) is 5.69 Å². The Morgan fingerprint density at radius 2 is 1.84 bits per heavy atom. The molecule has 2 heterocycles. The Morgan fingerprint density at radius 3 is 2.50 bits per heavy atom. The van der Waals surface area contributed by atoms with Crippen molar-refractivity contribution in [3.8, 4) is 23.3 Å². The summed E-state index contributed by atoms with van der Waals surface area (Å²) in [5.74, 6) is 0.408. The van der Waals surface area contributed by atoms with Crippen LogP contribution in [0.25, 0.3) is 5.69 Å². The minimum atomic E-state index is -0.893. The van der Waals surface area contributed by atoms with Crippen LogP contribution in [0, 0.1) is 11.3 Å². The molecule has 0 fully saturated rings. The number of hydrogen-bond donors (Lipinski definition) is 2. The van der Waals surface area contributed by atoms with Crippen LogP contribution in [0.4, 0.5) is 0 Å². The van der Waals surface area contributed by atoms with E-state index in [-0.39, 0.29) is 27.4 Å².